The van der Waals surface area contributed by atoms with Crippen molar-refractivity contribution in [2.75, 3.05) is 18.8 Å². The van der Waals surface area contributed by atoms with Crippen LogP contribution >= 0.6 is 0 Å². The fourth-order valence-corrected chi connectivity index (χ4v) is 3.07. The average Bonchev–Trinajstić information content (AvgIpc) is 2.97. The van der Waals surface area contributed by atoms with E-state index in [4.69, 9.17) is 5.73 Å². The Kier molecular flexibility index (Phi) is 3.34. The lowest BCUT2D eigenvalue weighted by molar-refractivity contribution is -0.133. The van der Waals surface area contributed by atoms with Crippen molar-refractivity contribution in [2.24, 2.45) is 0 Å². The van der Waals surface area contributed by atoms with Crippen LogP contribution in [0.2, 0.25) is 0 Å². The molecule has 106 valence electrons. The smallest absolute Gasteiger partial charge is 0.240 e. The van der Waals surface area contributed by atoms with Crippen LogP contribution in [0.25, 0.3) is 0 Å². The van der Waals surface area contributed by atoms with Crippen LogP contribution in [0.15, 0.2) is 18.2 Å². The second-order valence-corrected chi connectivity index (χ2v) is 5.54. The second-order valence-electron chi connectivity index (χ2n) is 5.54. The van der Waals surface area contributed by atoms with Crippen LogP contribution in [0.5, 0.6) is 0 Å². The SMILES string of the molecule is Nc1ccc2c(c1)CCC2NC(=O)CN1CCCC1=O. The largest absolute Gasteiger partial charge is 0.399 e. The number of nitrogens with two attached hydrogens (primary N) is 1. The summed E-state index contributed by atoms with van der Waals surface area (Å²) < 4.78 is 0. The van der Waals surface area contributed by atoms with Crippen molar-refractivity contribution in [3.05, 3.63) is 29.3 Å². The van der Waals surface area contributed by atoms with E-state index >= 15 is 0 Å². The summed E-state index contributed by atoms with van der Waals surface area (Å²) in [5.41, 5.74) is 8.90. The summed E-state index contributed by atoms with van der Waals surface area (Å²) in [4.78, 5) is 25.2. The Morgan fingerprint density at radius 1 is 1.40 bits per heavy atom. The molecule has 3 N–H and O–H groups in total. The molecule has 1 aromatic rings. The number of hydrogen-bond donors (Lipinski definition) is 2. The number of amides is 2. The summed E-state index contributed by atoms with van der Waals surface area (Å²) in [6.45, 7) is 0.879. The molecule has 5 nitrogen and oxygen atoms in total. The standard InChI is InChI=1S/C15H19N3O2/c16-11-4-5-12-10(8-11)3-6-13(12)17-14(19)9-18-7-1-2-15(18)20/h4-5,8,13H,1-3,6-7,9,16H2,(H,17,19). The monoisotopic (exact) mass is 273 g/mol. The van der Waals surface area contributed by atoms with Gasteiger partial charge in [0, 0.05) is 18.7 Å². The summed E-state index contributed by atoms with van der Waals surface area (Å²) in [7, 11) is 0. The number of rotatable bonds is 3. The first-order chi connectivity index (χ1) is 9.63. The molecule has 5 heteroatoms. The van der Waals surface area contributed by atoms with Gasteiger partial charge < -0.3 is 16.0 Å². The van der Waals surface area contributed by atoms with Crippen molar-refractivity contribution >= 4 is 17.5 Å². The first-order valence-corrected chi connectivity index (χ1v) is 7.09. The van der Waals surface area contributed by atoms with E-state index in [-0.39, 0.29) is 24.4 Å². The summed E-state index contributed by atoms with van der Waals surface area (Å²) in [6.07, 6.45) is 3.27. The normalized spacial score (nSPS) is 21.1. The van der Waals surface area contributed by atoms with Gasteiger partial charge in [-0.05, 0) is 42.5 Å². The highest BCUT2D eigenvalue weighted by Gasteiger charge is 2.26. The van der Waals surface area contributed by atoms with Crippen molar-refractivity contribution in [3.63, 3.8) is 0 Å². The average molecular weight is 273 g/mol. The van der Waals surface area contributed by atoms with Crippen molar-refractivity contribution in [1.82, 2.24) is 10.2 Å². The molecular weight excluding hydrogens is 254 g/mol. The number of anilines is 1. The number of aryl methyl sites for hydroxylation is 1. The van der Waals surface area contributed by atoms with Gasteiger partial charge >= 0.3 is 0 Å². The molecule has 0 bridgehead atoms. The molecule has 1 heterocycles. The van der Waals surface area contributed by atoms with Gasteiger partial charge in [-0.2, -0.15) is 0 Å². The number of carbonyl (C=O) groups is 2. The molecule has 2 amide bonds. The Bertz CT molecular complexity index is 556. The van der Waals surface area contributed by atoms with Gasteiger partial charge in [0.2, 0.25) is 11.8 Å². The number of nitrogen functional groups attached to an aromatic ring is 1. The van der Waals surface area contributed by atoms with Crippen LogP contribution < -0.4 is 11.1 Å². The number of fused-ring (bicyclic) bond motifs is 1. The van der Waals surface area contributed by atoms with E-state index in [1.807, 2.05) is 18.2 Å². The van der Waals surface area contributed by atoms with Crippen LogP contribution in [-0.2, 0) is 16.0 Å². The molecule has 1 atom stereocenters. The predicted octanol–water partition coefficient (Wildman–Crippen LogP) is 0.995. The topological polar surface area (TPSA) is 75.4 Å². The van der Waals surface area contributed by atoms with Gasteiger partial charge in [-0.1, -0.05) is 6.07 Å². The Morgan fingerprint density at radius 3 is 3.00 bits per heavy atom. The highest BCUT2D eigenvalue weighted by molar-refractivity contribution is 5.86. The Morgan fingerprint density at radius 2 is 2.25 bits per heavy atom. The van der Waals surface area contributed by atoms with Crippen LogP contribution in [0.4, 0.5) is 5.69 Å². The molecule has 0 radical (unpaired) electrons. The highest BCUT2D eigenvalue weighted by Crippen LogP contribution is 2.32. The lowest BCUT2D eigenvalue weighted by atomic mass is 10.1. The van der Waals surface area contributed by atoms with E-state index in [2.05, 4.69) is 5.32 Å². The molecule has 0 saturated carbocycles. The van der Waals surface area contributed by atoms with Gasteiger partial charge in [-0.15, -0.1) is 0 Å². The van der Waals surface area contributed by atoms with Crippen molar-refractivity contribution in [3.8, 4) is 0 Å². The third-order valence-corrected chi connectivity index (χ3v) is 4.09. The zero-order valence-corrected chi connectivity index (χ0v) is 11.4. The molecule has 0 spiro atoms. The number of nitrogens with zero attached hydrogens (tertiary/aromatic N) is 1. The lowest BCUT2D eigenvalue weighted by Gasteiger charge is -2.18. The lowest BCUT2D eigenvalue weighted by Crippen LogP contribution is -2.39. The molecule has 1 aromatic carbocycles. The van der Waals surface area contributed by atoms with Gasteiger partial charge in [0.1, 0.15) is 0 Å². The third-order valence-electron chi connectivity index (χ3n) is 4.09. The zero-order valence-electron chi connectivity index (χ0n) is 11.4. The minimum Gasteiger partial charge on any atom is -0.399 e. The van der Waals surface area contributed by atoms with E-state index in [1.54, 1.807) is 4.90 Å². The number of benzene rings is 1. The summed E-state index contributed by atoms with van der Waals surface area (Å²) >= 11 is 0. The maximum absolute atomic E-state index is 12.0. The van der Waals surface area contributed by atoms with Crippen LogP contribution in [0, 0.1) is 0 Å². The Labute approximate surface area is 118 Å². The van der Waals surface area contributed by atoms with E-state index < -0.39 is 0 Å². The Balaban J connectivity index is 1.62. The van der Waals surface area contributed by atoms with E-state index in [9.17, 15) is 9.59 Å². The van der Waals surface area contributed by atoms with E-state index in [0.717, 1.165) is 30.5 Å². The van der Waals surface area contributed by atoms with Gasteiger partial charge in [0.15, 0.2) is 0 Å². The molecule has 1 saturated heterocycles. The van der Waals surface area contributed by atoms with E-state index in [1.165, 1.54) is 5.56 Å². The van der Waals surface area contributed by atoms with Crippen LogP contribution in [-0.4, -0.2) is 29.8 Å². The van der Waals surface area contributed by atoms with Crippen molar-refractivity contribution in [2.45, 2.75) is 31.7 Å². The molecule has 1 aliphatic heterocycles. The molecule has 1 aliphatic carbocycles. The summed E-state index contributed by atoms with van der Waals surface area (Å²) in [5.74, 6) is 0.00895. The molecule has 2 aliphatic rings. The van der Waals surface area contributed by atoms with Crippen molar-refractivity contribution < 1.29 is 9.59 Å². The second kappa shape index (κ2) is 5.15. The summed E-state index contributed by atoms with van der Waals surface area (Å²) in [5, 5.41) is 3.03. The first kappa shape index (κ1) is 13.0. The Hall–Kier alpha value is -2.04. The molecular formula is C15H19N3O2. The van der Waals surface area contributed by atoms with Gasteiger partial charge in [0.05, 0.1) is 12.6 Å². The maximum atomic E-state index is 12.0. The molecule has 3 rings (SSSR count). The molecule has 1 unspecified atom stereocenters. The minimum atomic E-state index is -0.0741. The summed E-state index contributed by atoms with van der Waals surface area (Å²) in [6, 6.07) is 5.89. The molecule has 20 heavy (non-hydrogen) atoms. The fourth-order valence-electron chi connectivity index (χ4n) is 3.07. The predicted molar refractivity (Wildman–Crippen MR) is 75.9 cm³/mol. The fraction of sp³-hybridized carbons (Fsp3) is 0.467. The number of carbonyl (C=O) groups excluding carboxylic acids is 2. The van der Waals surface area contributed by atoms with Crippen LogP contribution in [0.1, 0.15) is 36.4 Å². The van der Waals surface area contributed by atoms with Crippen LogP contribution in [0.3, 0.4) is 0 Å². The first-order valence-electron chi connectivity index (χ1n) is 7.09. The number of likely N-dealkylation sites (tertiary alicyclic amines) is 1. The van der Waals surface area contributed by atoms with Gasteiger partial charge in [-0.3, -0.25) is 9.59 Å². The number of hydrogen-bond acceptors (Lipinski definition) is 3. The highest BCUT2D eigenvalue weighted by atomic mass is 16.2. The minimum absolute atomic E-state index is 0.0517. The molecule has 0 aromatic heterocycles. The van der Waals surface area contributed by atoms with Gasteiger partial charge in [-0.25, -0.2) is 0 Å². The quantitative estimate of drug-likeness (QED) is 0.807. The van der Waals surface area contributed by atoms with E-state index in [0.29, 0.717) is 13.0 Å². The maximum Gasteiger partial charge on any atom is 0.240 e. The number of nitrogens with one attached hydrogen (secondary N) is 1. The van der Waals surface area contributed by atoms with Gasteiger partial charge in [0.25, 0.3) is 0 Å². The third kappa shape index (κ3) is 2.48. The zero-order chi connectivity index (χ0) is 14.1. The molecule has 1 fully saturated rings. The van der Waals surface area contributed by atoms with Crippen molar-refractivity contribution in [1.29, 1.82) is 0 Å².